The van der Waals surface area contributed by atoms with Gasteiger partial charge in [0.2, 0.25) is 5.89 Å². The summed E-state index contributed by atoms with van der Waals surface area (Å²) >= 11 is 0. The molecule has 0 aliphatic carbocycles. The Kier molecular flexibility index (Phi) is 9.38. The number of nitrogens with zero attached hydrogens (tertiary/aromatic N) is 3. The highest BCUT2D eigenvalue weighted by atomic mass is 127. The minimum atomic E-state index is 0. The van der Waals surface area contributed by atoms with Crippen LogP contribution in [0.4, 0.5) is 0 Å². The van der Waals surface area contributed by atoms with Gasteiger partial charge in [0.1, 0.15) is 5.76 Å². The van der Waals surface area contributed by atoms with Crippen LogP contribution in [0.3, 0.4) is 0 Å². The Bertz CT molecular complexity index is 765. The van der Waals surface area contributed by atoms with Crippen molar-refractivity contribution in [3.05, 3.63) is 52.7 Å². The van der Waals surface area contributed by atoms with Crippen LogP contribution in [0.25, 0.3) is 0 Å². The van der Waals surface area contributed by atoms with Gasteiger partial charge in [-0.1, -0.05) is 29.8 Å². The fourth-order valence-electron chi connectivity index (χ4n) is 3.32. The van der Waals surface area contributed by atoms with Gasteiger partial charge in [-0.3, -0.25) is 9.89 Å². The van der Waals surface area contributed by atoms with Crippen LogP contribution in [0.5, 0.6) is 0 Å². The van der Waals surface area contributed by atoms with Crippen LogP contribution in [0.2, 0.25) is 0 Å². The van der Waals surface area contributed by atoms with E-state index in [1.54, 1.807) is 7.05 Å². The normalized spacial score (nSPS) is 16.2. The molecule has 0 amide bonds. The van der Waals surface area contributed by atoms with Crippen molar-refractivity contribution in [2.45, 2.75) is 33.4 Å². The fourth-order valence-corrected chi connectivity index (χ4v) is 3.32. The molecule has 1 aromatic heterocycles. The van der Waals surface area contributed by atoms with E-state index < -0.39 is 0 Å². The smallest absolute Gasteiger partial charge is 0.214 e. The number of aliphatic imine (C=N–C) groups is 1. The largest absolute Gasteiger partial charge is 0.444 e. The number of hydrogen-bond acceptors (Lipinski definition) is 5. The predicted molar refractivity (Wildman–Crippen MR) is 126 cm³/mol. The Hall–Kier alpha value is -1.65. The SMILES string of the molecule is CN=C(NCc1nc(C)c(C)o1)NCC(c1ccc(C)cc1)N1CCOCC1.I. The molecular formula is C21H32IN5O2. The van der Waals surface area contributed by atoms with Crippen molar-refractivity contribution in [1.29, 1.82) is 0 Å². The first-order valence-corrected chi connectivity index (χ1v) is 9.82. The molecule has 1 aliphatic rings. The van der Waals surface area contributed by atoms with E-state index in [4.69, 9.17) is 9.15 Å². The van der Waals surface area contributed by atoms with Gasteiger partial charge in [-0.05, 0) is 26.3 Å². The summed E-state index contributed by atoms with van der Waals surface area (Å²) in [5.41, 5.74) is 3.49. The van der Waals surface area contributed by atoms with E-state index in [2.05, 4.69) is 56.7 Å². The molecule has 0 saturated carbocycles. The molecule has 0 spiro atoms. The van der Waals surface area contributed by atoms with E-state index in [1.165, 1.54) is 11.1 Å². The number of rotatable bonds is 6. The highest BCUT2D eigenvalue weighted by molar-refractivity contribution is 14.0. The lowest BCUT2D eigenvalue weighted by Gasteiger charge is -2.35. The third-order valence-corrected chi connectivity index (χ3v) is 5.11. The predicted octanol–water partition coefficient (Wildman–Crippen LogP) is 2.96. The first-order valence-electron chi connectivity index (χ1n) is 9.82. The van der Waals surface area contributed by atoms with Crippen molar-refractivity contribution in [1.82, 2.24) is 20.5 Å². The number of oxazole rings is 1. The topological polar surface area (TPSA) is 74.9 Å². The number of hydrogen-bond donors (Lipinski definition) is 2. The van der Waals surface area contributed by atoms with Gasteiger partial charge in [-0.25, -0.2) is 4.98 Å². The van der Waals surface area contributed by atoms with Crippen LogP contribution in [0.1, 0.15) is 34.5 Å². The van der Waals surface area contributed by atoms with E-state index >= 15 is 0 Å². The number of benzene rings is 1. The van der Waals surface area contributed by atoms with Crippen LogP contribution in [0.15, 0.2) is 33.7 Å². The summed E-state index contributed by atoms with van der Waals surface area (Å²) in [6.45, 7) is 10.7. The molecule has 2 N–H and O–H groups in total. The fraction of sp³-hybridized carbons (Fsp3) is 0.524. The van der Waals surface area contributed by atoms with E-state index in [1.807, 2.05) is 13.8 Å². The Balaban J connectivity index is 0.00000300. The minimum absolute atomic E-state index is 0. The van der Waals surface area contributed by atoms with Crippen molar-refractivity contribution in [3.63, 3.8) is 0 Å². The summed E-state index contributed by atoms with van der Waals surface area (Å²) in [4.78, 5) is 11.2. The molecule has 8 heteroatoms. The first-order chi connectivity index (χ1) is 13.6. The maximum absolute atomic E-state index is 5.63. The Morgan fingerprint density at radius 2 is 1.83 bits per heavy atom. The van der Waals surface area contributed by atoms with Gasteiger partial charge in [0.25, 0.3) is 0 Å². The second-order valence-corrected chi connectivity index (χ2v) is 7.13. The van der Waals surface area contributed by atoms with Crippen molar-refractivity contribution >= 4 is 29.9 Å². The molecule has 1 saturated heterocycles. The minimum Gasteiger partial charge on any atom is -0.444 e. The zero-order valence-electron chi connectivity index (χ0n) is 17.7. The third-order valence-electron chi connectivity index (χ3n) is 5.11. The van der Waals surface area contributed by atoms with Crippen LogP contribution < -0.4 is 10.6 Å². The van der Waals surface area contributed by atoms with Gasteiger partial charge in [-0.2, -0.15) is 0 Å². The van der Waals surface area contributed by atoms with Crippen LogP contribution in [0, 0.1) is 20.8 Å². The van der Waals surface area contributed by atoms with Gasteiger partial charge in [0.05, 0.1) is 31.5 Å². The summed E-state index contributed by atoms with van der Waals surface area (Å²) in [6.07, 6.45) is 0. The lowest BCUT2D eigenvalue weighted by molar-refractivity contribution is 0.0170. The second-order valence-electron chi connectivity index (χ2n) is 7.13. The maximum Gasteiger partial charge on any atom is 0.214 e. The molecule has 160 valence electrons. The molecule has 1 aliphatic heterocycles. The zero-order chi connectivity index (χ0) is 19.9. The lowest BCUT2D eigenvalue weighted by atomic mass is 10.0. The number of guanidine groups is 1. The molecule has 29 heavy (non-hydrogen) atoms. The van der Waals surface area contributed by atoms with Gasteiger partial charge < -0.3 is 19.8 Å². The molecule has 1 aromatic carbocycles. The molecule has 3 rings (SSSR count). The Morgan fingerprint density at radius 3 is 2.41 bits per heavy atom. The maximum atomic E-state index is 5.63. The molecule has 1 fully saturated rings. The number of aryl methyl sites for hydroxylation is 3. The van der Waals surface area contributed by atoms with Crippen LogP contribution in [-0.2, 0) is 11.3 Å². The van der Waals surface area contributed by atoms with Crippen molar-refractivity contribution in [2.75, 3.05) is 39.9 Å². The third kappa shape index (κ3) is 6.68. The number of morpholine rings is 1. The molecule has 1 atom stereocenters. The monoisotopic (exact) mass is 513 g/mol. The number of halogens is 1. The highest BCUT2D eigenvalue weighted by Gasteiger charge is 2.23. The average molecular weight is 513 g/mol. The summed E-state index contributed by atoms with van der Waals surface area (Å²) in [7, 11) is 1.77. The van der Waals surface area contributed by atoms with Gasteiger partial charge in [-0.15, -0.1) is 24.0 Å². The second kappa shape index (κ2) is 11.5. The van der Waals surface area contributed by atoms with Crippen molar-refractivity contribution in [3.8, 4) is 0 Å². The van der Waals surface area contributed by atoms with Crippen molar-refractivity contribution < 1.29 is 9.15 Å². The Morgan fingerprint density at radius 1 is 1.14 bits per heavy atom. The molecule has 1 unspecified atom stereocenters. The van der Waals surface area contributed by atoms with E-state index in [-0.39, 0.29) is 30.0 Å². The highest BCUT2D eigenvalue weighted by Crippen LogP contribution is 2.21. The van der Waals surface area contributed by atoms with Gasteiger partial charge >= 0.3 is 0 Å². The summed E-state index contributed by atoms with van der Waals surface area (Å²) in [6, 6.07) is 9.03. The molecule has 2 heterocycles. The zero-order valence-corrected chi connectivity index (χ0v) is 20.0. The molecule has 0 bridgehead atoms. The van der Waals surface area contributed by atoms with Crippen molar-refractivity contribution in [2.24, 2.45) is 4.99 Å². The number of nitrogens with one attached hydrogen (secondary N) is 2. The quantitative estimate of drug-likeness (QED) is 0.352. The average Bonchev–Trinajstić information content (AvgIpc) is 3.04. The van der Waals surface area contributed by atoms with E-state index in [9.17, 15) is 0 Å². The summed E-state index contributed by atoms with van der Waals surface area (Å²) < 4.78 is 11.2. The summed E-state index contributed by atoms with van der Waals surface area (Å²) in [5.74, 6) is 2.26. The van der Waals surface area contributed by atoms with E-state index in [0.717, 1.165) is 50.3 Å². The first kappa shape index (κ1) is 23.6. The van der Waals surface area contributed by atoms with Crippen LogP contribution >= 0.6 is 24.0 Å². The number of aromatic nitrogens is 1. The standard InChI is InChI=1S/C21H31N5O2.HI/c1-15-5-7-18(8-6-15)19(26-9-11-27-12-10-26)13-23-21(22-4)24-14-20-25-16(2)17(3)28-20;/h5-8,19H,9-14H2,1-4H3,(H2,22,23,24);1H. The van der Waals surface area contributed by atoms with Crippen LogP contribution in [-0.4, -0.2) is 55.7 Å². The van der Waals surface area contributed by atoms with Gasteiger partial charge in [0, 0.05) is 26.7 Å². The van der Waals surface area contributed by atoms with E-state index in [0.29, 0.717) is 12.4 Å². The number of ether oxygens (including phenoxy) is 1. The van der Waals surface area contributed by atoms with Gasteiger partial charge in [0.15, 0.2) is 5.96 Å². The lowest BCUT2D eigenvalue weighted by Crippen LogP contribution is -2.46. The molecular weight excluding hydrogens is 481 g/mol. The molecule has 0 radical (unpaired) electrons. The Labute approximate surface area is 190 Å². The molecule has 7 nitrogen and oxygen atoms in total. The molecule has 2 aromatic rings. The summed E-state index contributed by atoms with van der Waals surface area (Å²) in [5, 5.41) is 6.74.